The van der Waals surface area contributed by atoms with Crippen LogP contribution >= 0.6 is 15.6 Å². The van der Waals surface area contributed by atoms with Crippen LogP contribution in [0.1, 0.15) is 323 Å². The minimum Gasteiger partial charge on any atom is -0.462 e. The minimum absolute atomic E-state index is 0.00720. The number of unbranched alkanes of at least 4 members (excludes halogenated alkanes) is 24. The monoisotopic (exact) mass is 1580 g/mol. The molecule has 0 aliphatic heterocycles. The lowest BCUT2D eigenvalue weighted by Gasteiger charge is -2.21. The Morgan fingerprint density at radius 3 is 0.773 bits per heavy atom. The Kier molecular flexibility index (Phi) is 77.3. The third-order valence-corrected chi connectivity index (χ3v) is 19.1. The van der Waals surface area contributed by atoms with E-state index in [1.165, 1.54) is 64.2 Å². The summed E-state index contributed by atoms with van der Waals surface area (Å²) in [6.07, 6.45) is 97.5. The Labute approximate surface area is 667 Å². The fourth-order valence-electron chi connectivity index (χ4n) is 10.9. The van der Waals surface area contributed by atoms with Crippen LogP contribution in [0, 0.1) is 0 Å². The van der Waals surface area contributed by atoms with Gasteiger partial charge in [-0.15, -0.1) is 0 Å². The van der Waals surface area contributed by atoms with E-state index in [2.05, 4.69) is 186 Å². The first-order chi connectivity index (χ1) is 53.7. The molecule has 0 radical (unpaired) electrons. The molecule has 0 bridgehead atoms. The molecule has 17 nitrogen and oxygen atoms in total. The lowest BCUT2D eigenvalue weighted by atomic mass is 10.0. The third-order valence-electron chi connectivity index (χ3n) is 17.2. The Bertz CT molecular complexity index is 2750. The van der Waals surface area contributed by atoms with E-state index < -0.39 is 97.5 Å². The molecule has 19 heteroatoms. The molecule has 0 aliphatic carbocycles. The van der Waals surface area contributed by atoms with Gasteiger partial charge in [-0.2, -0.15) is 0 Å². The van der Waals surface area contributed by atoms with E-state index in [4.69, 9.17) is 37.0 Å². The topological polar surface area (TPSA) is 237 Å². The predicted octanol–water partition coefficient (Wildman–Crippen LogP) is 25.3. The molecule has 0 aromatic heterocycles. The van der Waals surface area contributed by atoms with Gasteiger partial charge in [-0.1, -0.05) is 320 Å². The van der Waals surface area contributed by atoms with Gasteiger partial charge in [0.1, 0.15) is 19.3 Å². The van der Waals surface area contributed by atoms with Gasteiger partial charge in [0, 0.05) is 25.7 Å². The zero-order valence-electron chi connectivity index (χ0n) is 68.6. The number of phosphoric ester groups is 2. The maximum absolute atomic E-state index is 13.1. The van der Waals surface area contributed by atoms with E-state index in [1.54, 1.807) is 0 Å². The smallest absolute Gasteiger partial charge is 0.462 e. The molecule has 5 unspecified atom stereocenters. The molecule has 0 aromatic carbocycles. The third kappa shape index (κ3) is 80.5. The largest absolute Gasteiger partial charge is 0.472 e. The van der Waals surface area contributed by atoms with Crippen LogP contribution in [0.4, 0.5) is 0 Å². The van der Waals surface area contributed by atoms with Crippen LogP contribution in [-0.2, 0) is 65.4 Å². The first-order valence-corrected chi connectivity index (χ1v) is 45.4. The number of aliphatic hydroxyl groups is 1. The molecule has 0 saturated carbocycles. The van der Waals surface area contributed by atoms with Gasteiger partial charge < -0.3 is 33.8 Å². The van der Waals surface area contributed by atoms with Crippen LogP contribution in [0.5, 0.6) is 0 Å². The summed E-state index contributed by atoms with van der Waals surface area (Å²) in [6.45, 7) is 4.44. The summed E-state index contributed by atoms with van der Waals surface area (Å²) in [5, 5.41) is 10.7. The molecule has 0 rings (SSSR count). The van der Waals surface area contributed by atoms with Crippen LogP contribution in [-0.4, -0.2) is 96.7 Å². The Morgan fingerprint density at radius 1 is 0.264 bits per heavy atom. The fraction of sp³-hybridized carbons (Fsp3) is 0.648. The van der Waals surface area contributed by atoms with Gasteiger partial charge in [0.25, 0.3) is 0 Å². The van der Waals surface area contributed by atoms with Crippen molar-refractivity contribution in [1.82, 2.24) is 0 Å². The van der Waals surface area contributed by atoms with Gasteiger partial charge >= 0.3 is 39.5 Å². The number of allylic oxidation sites excluding steroid dienone is 28. The zero-order valence-corrected chi connectivity index (χ0v) is 70.4. The highest BCUT2D eigenvalue weighted by Crippen LogP contribution is 2.45. The summed E-state index contributed by atoms with van der Waals surface area (Å²) < 4.78 is 68.7. The maximum Gasteiger partial charge on any atom is 0.472 e. The number of carbonyl (C=O) groups is 4. The molecule has 0 saturated heterocycles. The molecule has 3 N–H and O–H groups in total. The summed E-state index contributed by atoms with van der Waals surface area (Å²) in [6, 6.07) is 0. The highest BCUT2D eigenvalue weighted by Gasteiger charge is 2.30. The molecule has 0 fully saturated rings. The van der Waals surface area contributed by atoms with Gasteiger partial charge in [-0.05, 0) is 148 Å². The van der Waals surface area contributed by atoms with Crippen LogP contribution in [0.2, 0.25) is 0 Å². The van der Waals surface area contributed by atoms with Crippen molar-refractivity contribution < 1.29 is 80.2 Å². The van der Waals surface area contributed by atoms with E-state index in [-0.39, 0.29) is 25.7 Å². The second kappa shape index (κ2) is 81.4. The van der Waals surface area contributed by atoms with Gasteiger partial charge in [0.05, 0.1) is 26.4 Å². The molecule has 5 atom stereocenters. The fourth-order valence-corrected chi connectivity index (χ4v) is 12.4. The molecular weight excluding hydrogens is 1430 g/mol. The molecule has 0 aliphatic rings. The van der Waals surface area contributed by atoms with E-state index >= 15 is 0 Å². The molecule has 0 aromatic rings. The number of hydrogen-bond donors (Lipinski definition) is 3. The summed E-state index contributed by atoms with van der Waals surface area (Å²) in [4.78, 5) is 73.2. The molecular formula is C91H150O17P2. The van der Waals surface area contributed by atoms with E-state index in [1.807, 2.05) is 12.2 Å². The molecule has 0 spiro atoms. The lowest BCUT2D eigenvalue weighted by molar-refractivity contribution is -0.161. The number of aliphatic hydroxyl groups excluding tert-OH is 1. The molecule has 0 heterocycles. The standard InChI is InChI=1S/C91H150O17P2/c1-5-9-13-17-21-25-29-33-37-40-42-45-48-51-55-59-63-67-71-75-88(93)101-81-86(107-90(95)77-73-69-65-61-57-53-47-36-32-28-24-20-16-12-8-4)83-105-109(97,98)103-79-85(92)80-104-110(99,100)106-84-87(108-91(96)78-74-70-66-62-58-54-50-44-39-35-31-27-23-19-15-11-7-3)82-102-89(94)76-72-68-64-60-56-52-49-46-43-41-38-34-30-26-22-18-14-10-6-2/h9-11,13-15,21-23,25-27,33-35,37-39,42-43,45-46,50-51,54-55,62,66,85-87,92H,5-8,12,16-20,24,28-32,36,40-41,44,47-49,52-53,56-61,63-65,67-84H2,1-4H3,(H,97,98)(H,99,100)/b13-9-,14-10-,15-11-,25-21-,26-22-,27-23-,37-33-,38-34-,39-35-,45-42-,46-43-,54-50-,55-51-,66-62-. The van der Waals surface area contributed by atoms with Crippen molar-refractivity contribution in [3.8, 4) is 0 Å². The van der Waals surface area contributed by atoms with Crippen LogP contribution in [0.3, 0.4) is 0 Å². The Balaban J connectivity index is 5.47. The number of phosphoric acid groups is 2. The quantitative estimate of drug-likeness (QED) is 0.0169. The van der Waals surface area contributed by atoms with E-state index in [0.717, 1.165) is 173 Å². The summed E-state index contributed by atoms with van der Waals surface area (Å²) in [7, 11) is -10.0. The van der Waals surface area contributed by atoms with Crippen LogP contribution in [0.15, 0.2) is 170 Å². The van der Waals surface area contributed by atoms with Crippen molar-refractivity contribution in [2.75, 3.05) is 39.6 Å². The zero-order chi connectivity index (χ0) is 80.3. The molecule has 0 amide bonds. The lowest BCUT2D eigenvalue weighted by Crippen LogP contribution is -2.30. The Morgan fingerprint density at radius 2 is 0.482 bits per heavy atom. The number of ether oxygens (including phenoxy) is 4. The summed E-state index contributed by atoms with van der Waals surface area (Å²) >= 11 is 0. The average Bonchev–Trinajstić information content (AvgIpc) is 0.899. The number of carbonyl (C=O) groups excluding carboxylic acids is 4. The maximum atomic E-state index is 13.1. The van der Waals surface area contributed by atoms with Crippen molar-refractivity contribution in [2.45, 2.75) is 341 Å². The average molecular weight is 1580 g/mol. The Hall–Kier alpha value is -5.58. The van der Waals surface area contributed by atoms with Crippen LogP contribution in [0.25, 0.3) is 0 Å². The first kappa shape index (κ1) is 104. The second-order valence-corrected chi connectivity index (χ2v) is 30.5. The number of hydrogen-bond acceptors (Lipinski definition) is 15. The van der Waals surface area contributed by atoms with Crippen molar-refractivity contribution in [2.24, 2.45) is 0 Å². The highest BCUT2D eigenvalue weighted by molar-refractivity contribution is 7.47. The van der Waals surface area contributed by atoms with Crippen molar-refractivity contribution >= 4 is 39.5 Å². The van der Waals surface area contributed by atoms with Gasteiger partial charge in [0.2, 0.25) is 0 Å². The predicted molar refractivity (Wildman–Crippen MR) is 454 cm³/mol. The number of rotatable bonds is 78. The van der Waals surface area contributed by atoms with Gasteiger partial charge in [-0.25, -0.2) is 9.13 Å². The highest BCUT2D eigenvalue weighted by atomic mass is 31.2. The van der Waals surface area contributed by atoms with E-state index in [9.17, 15) is 43.2 Å². The molecule has 626 valence electrons. The van der Waals surface area contributed by atoms with Crippen LogP contribution < -0.4 is 0 Å². The summed E-state index contributed by atoms with van der Waals surface area (Å²) in [5.41, 5.74) is 0. The van der Waals surface area contributed by atoms with Gasteiger partial charge in [-0.3, -0.25) is 37.3 Å². The van der Waals surface area contributed by atoms with Crippen molar-refractivity contribution in [3.05, 3.63) is 170 Å². The van der Waals surface area contributed by atoms with Gasteiger partial charge in [0.15, 0.2) is 12.2 Å². The first-order valence-electron chi connectivity index (χ1n) is 42.4. The van der Waals surface area contributed by atoms with Crippen molar-refractivity contribution in [1.29, 1.82) is 0 Å². The number of esters is 4. The SMILES string of the molecule is CC/C=C\C/C=C\C/C=C\C/C=C\C/C=C\CCCCCC(=O)OCC(COP(=O)(O)OCC(O)COP(=O)(O)OCC(COC(=O)CCCCCCCC/C=C\C/C=C\C/C=C\C/C=C\CC)OC(=O)CCC/C=C\C/C=C\C/C=C\C/C=C\C/C=C\CC)OC(=O)CCCCCCCCCCCCCCCCC. The van der Waals surface area contributed by atoms with E-state index in [0.29, 0.717) is 32.1 Å². The summed E-state index contributed by atoms with van der Waals surface area (Å²) in [5.74, 6) is -2.30. The molecule has 110 heavy (non-hydrogen) atoms. The normalized spacial score (nSPS) is 14.6. The second-order valence-electron chi connectivity index (χ2n) is 27.6. The van der Waals surface area contributed by atoms with Crippen molar-refractivity contribution in [3.63, 3.8) is 0 Å². The minimum atomic E-state index is -5.01.